The molecule has 36 heavy (non-hydrogen) atoms. The van der Waals surface area contributed by atoms with Crippen LogP contribution >= 0.6 is 0 Å². The zero-order chi connectivity index (χ0) is 25.7. The summed E-state index contributed by atoms with van der Waals surface area (Å²) in [7, 11) is 0. The molecule has 1 heterocycles. The van der Waals surface area contributed by atoms with Crippen molar-refractivity contribution in [1.82, 2.24) is 0 Å². The Morgan fingerprint density at radius 1 is 0.611 bits per heavy atom. The molecule has 0 radical (unpaired) electrons. The standard InChI is InChI=1S/C33H51NO2/c1-30-31(25-23-29-34(30)32-26-20-18-21-27-32)24-19-16-14-12-10-8-6-4-2-3-5-7-9-11-13-15-17-22-28-33(35)36/h18,20-21,23,25-27,29H,2-17,19,22,24,28H2,1H3. The van der Waals surface area contributed by atoms with Crippen LogP contribution in [0.2, 0.25) is 0 Å². The van der Waals surface area contributed by atoms with Crippen LogP contribution in [-0.4, -0.2) is 5.97 Å². The summed E-state index contributed by atoms with van der Waals surface area (Å²) in [6, 6.07) is 15.1. The number of benzene rings is 1. The first-order valence-electron chi connectivity index (χ1n) is 14.9. The Morgan fingerprint density at radius 2 is 1.06 bits per heavy atom. The van der Waals surface area contributed by atoms with Crippen molar-refractivity contribution in [3.63, 3.8) is 0 Å². The molecule has 3 nitrogen and oxygen atoms in total. The summed E-state index contributed by atoms with van der Waals surface area (Å²) in [4.78, 5) is 10.4. The van der Waals surface area contributed by atoms with Gasteiger partial charge in [0, 0.05) is 36.7 Å². The summed E-state index contributed by atoms with van der Waals surface area (Å²) in [5.74, 6) is -0.905. The lowest BCUT2D eigenvalue weighted by Gasteiger charge is -2.06. The Hall–Kier alpha value is -2.16. The SMILES string of the molecule is Cc1c(CCCCCCCCCCCCCCCCCCCCC(=O)[O-])ccc[n+]1-c1ccccc1. The van der Waals surface area contributed by atoms with E-state index in [2.05, 4.69) is 60.2 Å². The first-order valence-corrected chi connectivity index (χ1v) is 14.9. The fourth-order valence-electron chi connectivity index (χ4n) is 5.18. The third-order valence-corrected chi connectivity index (χ3v) is 7.47. The highest BCUT2D eigenvalue weighted by molar-refractivity contribution is 5.64. The van der Waals surface area contributed by atoms with Gasteiger partial charge in [-0.05, 0) is 31.7 Å². The van der Waals surface area contributed by atoms with Gasteiger partial charge in [-0.1, -0.05) is 121 Å². The fraction of sp³-hybridized carbons (Fsp3) is 0.636. The van der Waals surface area contributed by atoms with Crippen molar-refractivity contribution in [1.29, 1.82) is 0 Å². The number of carboxylic acids is 1. The number of aryl methyl sites for hydroxylation is 1. The summed E-state index contributed by atoms with van der Waals surface area (Å²) in [6.45, 7) is 2.25. The van der Waals surface area contributed by atoms with Crippen molar-refractivity contribution in [2.24, 2.45) is 0 Å². The van der Waals surface area contributed by atoms with Crippen molar-refractivity contribution >= 4 is 5.97 Å². The van der Waals surface area contributed by atoms with Crippen LogP contribution in [0.5, 0.6) is 0 Å². The van der Waals surface area contributed by atoms with E-state index in [1.807, 2.05) is 0 Å². The number of carbonyl (C=O) groups excluding carboxylic acids is 1. The molecule has 200 valence electrons. The second kappa shape index (κ2) is 20.0. The molecule has 0 atom stereocenters. The largest absolute Gasteiger partial charge is 0.550 e. The van der Waals surface area contributed by atoms with E-state index in [-0.39, 0.29) is 6.42 Å². The number of hydrogen-bond acceptors (Lipinski definition) is 2. The molecule has 0 saturated heterocycles. The van der Waals surface area contributed by atoms with E-state index in [9.17, 15) is 9.90 Å². The van der Waals surface area contributed by atoms with Gasteiger partial charge < -0.3 is 9.90 Å². The average molecular weight is 494 g/mol. The van der Waals surface area contributed by atoms with E-state index in [4.69, 9.17) is 0 Å². The number of unbranched alkanes of at least 4 members (excludes halogenated alkanes) is 17. The lowest BCUT2D eigenvalue weighted by Crippen LogP contribution is -2.34. The number of aromatic nitrogens is 1. The van der Waals surface area contributed by atoms with Crippen LogP contribution in [0.15, 0.2) is 48.7 Å². The summed E-state index contributed by atoms with van der Waals surface area (Å²) >= 11 is 0. The quantitative estimate of drug-likeness (QED) is 0.123. The Bertz CT molecular complexity index is 818. The van der Waals surface area contributed by atoms with E-state index in [1.165, 1.54) is 126 Å². The number of rotatable bonds is 22. The molecule has 0 aliphatic rings. The number of pyridine rings is 1. The molecule has 2 rings (SSSR count). The molecule has 0 N–H and O–H groups in total. The highest BCUT2D eigenvalue weighted by atomic mass is 16.4. The summed E-state index contributed by atoms with van der Waals surface area (Å²) in [5, 5.41) is 10.4. The molecule has 0 fully saturated rings. The molecule has 0 bridgehead atoms. The van der Waals surface area contributed by atoms with Crippen LogP contribution < -0.4 is 9.67 Å². The number of carboxylic acid groups (broad SMARTS) is 1. The van der Waals surface area contributed by atoms with Gasteiger partial charge in [0.15, 0.2) is 11.9 Å². The second-order valence-corrected chi connectivity index (χ2v) is 10.6. The number of nitrogens with zero attached hydrogens (tertiary/aromatic N) is 1. The number of carbonyl (C=O) groups is 1. The molecule has 0 amide bonds. The third kappa shape index (κ3) is 13.8. The predicted molar refractivity (Wildman–Crippen MR) is 149 cm³/mol. The fourth-order valence-corrected chi connectivity index (χ4v) is 5.18. The van der Waals surface area contributed by atoms with Gasteiger partial charge in [0.25, 0.3) is 0 Å². The highest BCUT2D eigenvalue weighted by Crippen LogP contribution is 2.16. The third-order valence-electron chi connectivity index (χ3n) is 7.47. The maximum absolute atomic E-state index is 10.4. The van der Waals surface area contributed by atoms with Gasteiger partial charge in [0.2, 0.25) is 5.69 Å². The van der Waals surface area contributed by atoms with Gasteiger partial charge in [0.05, 0.1) is 0 Å². The molecule has 0 aliphatic heterocycles. The molecular weight excluding hydrogens is 442 g/mol. The number of hydrogen-bond donors (Lipinski definition) is 0. The van der Waals surface area contributed by atoms with Crippen LogP contribution in [0.4, 0.5) is 0 Å². The van der Waals surface area contributed by atoms with E-state index in [1.54, 1.807) is 0 Å². The first-order chi connectivity index (χ1) is 17.7. The number of aliphatic carboxylic acids is 1. The normalized spacial score (nSPS) is 11.1. The van der Waals surface area contributed by atoms with Crippen molar-refractivity contribution in [3.8, 4) is 5.69 Å². The minimum absolute atomic E-state index is 0.227. The lowest BCUT2D eigenvalue weighted by molar-refractivity contribution is -0.603. The molecule has 0 spiro atoms. The van der Waals surface area contributed by atoms with Crippen molar-refractivity contribution < 1.29 is 14.5 Å². The van der Waals surface area contributed by atoms with Crippen LogP contribution in [0.25, 0.3) is 5.69 Å². The van der Waals surface area contributed by atoms with Crippen LogP contribution in [-0.2, 0) is 11.2 Å². The van der Waals surface area contributed by atoms with Crippen LogP contribution in [0, 0.1) is 6.92 Å². The summed E-state index contributed by atoms with van der Waals surface area (Å²) in [6.07, 6.45) is 27.1. The van der Waals surface area contributed by atoms with Crippen molar-refractivity contribution in [2.45, 2.75) is 135 Å². The molecule has 0 saturated carbocycles. The van der Waals surface area contributed by atoms with Gasteiger partial charge in [-0.25, -0.2) is 0 Å². The molecule has 1 aromatic heterocycles. The topological polar surface area (TPSA) is 44.0 Å². The van der Waals surface area contributed by atoms with Crippen molar-refractivity contribution in [2.75, 3.05) is 0 Å². The minimum atomic E-state index is -0.905. The zero-order valence-electron chi connectivity index (χ0n) is 23.0. The van der Waals surface area contributed by atoms with Gasteiger partial charge in [-0.2, -0.15) is 4.57 Å². The van der Waals surface area contributed by atoms with E-state index in [0.29, 0.717) is 0 Å². The molecule has 0 aliphatic carbocycles. The lowest BCUT2D eigenvalue weighted by atomic mass is 10.0. The second-order valence-electron chi connectivity index (χ2n) is 10.6. The number of para-hydroxylation sites is 1. The maximum Gasteiger partial charge on any atom is 0.210 e. The van der Waals surface area contributed by atoms with Gasteiger partial charge >= 0.3 is 0 Å². The first kappa shape index (κ1) is 30.1. The zero-order valence-corrected chi connectivity index (χ0v) is 23.0. The molecule has 3 heteroatoms. The molecule has 0 unspecified atom stereocenters. The smallest absolute Gasteiger partial charge is 0.210 e. The predicted octanol–water partition coefficient (Wildman–Crippen LogP) is 7.98. The summed E-state index contributed by atoms with van der Waals surface area (Å²) in [5.41, 5.74) is 4.09. The highest BCUT2D eigenvalue weighted by Gasteiger charge is 2.13. The van der Waals surface area contributed by atoms with Gasteiger partial charge in [0.1, 0.15) is 0 Å². The van der Waals surface area contributed by atoms with Crippen molar-refractivity contribution in [3.05, 3.63) is 59.9 Å². The van der Waals surface area contributed by atoms with Gasteiger partial charge in [-0.3, -0.25) is 0 Å². The average Bonchev–Trinajstić information content (AvgIpc) is 2.88. The Morgan fingerprint density at radius 3 is 1.53 bits per heavy atom. The molecular formula is C33H51NO2. The van der Waals surface area contributed by atoms with Crippen LogP contribution in [0.3, 0.4) is 0 Å². The van der Waals surface area contributed by atoms with Crippen LogP contribution in [0.1, 0.15) is 133 Å². The minimum Gasteiger partial charge on any atom is -0.550 e. The summed E-state index contributed by atoms with van der Waals surface area (Å²) < 4.78 is 2.31. The molecule has 2 aromatic rings. The van der Waals surface area contributed by atoms with E-state index in [0.717, 1.165) is 12.8 Å². The molecule has 1 aromatic carbocycles. The Kier molecular flexibility index (Phi) is 16.7. The van der Waals surface area contributed by atoms with Gasteiger partial charge in [-0.15, -0.1) is 0 Å². The van der Waals surface area contributed by atoms with E-state index < -0.39 is 5.97 Å². The maximum atomic E-state index is 10.4. The Balaban J connectivity index is 1.35. The Labute approximate surface area is 221 Å². The van der Waals surface area contributed by atoms with E-state index >= 15 is 0 Å². The monoisotopic (exact) mass is 493 g/mol.